The predicted molar refractivity (Wildman–Crippen MR) is 77.4 cm³/mol. The first-order valence-electron chi connectivity index (χ1n) is 6.44. The van der Waals surface area contributed by atoms with Crippen LogP contribution in [0.1, 0.15) is 21.7 Å². The Morgan fingerprint density at radius 3 is 3.10 bits per heavy atom. The average molecular weight is 284 g/mol. The van der Waals surface area contributed by atoms with Gasteiger partial charge in [-0.05, 0) is 25.0 Å². The topological polar surface area (TPSA) is 50.5 Å². The van der Waals surface area contributed by atoms with Gasteiger partial charge in [0.15, 0.2) is 5.69 Å². The molecule has 0 saturated carbocycles. The zero-order valence-electron chi connectivity index (χ0n) is 10.9. The molecule has 1 aliphatic heterocycles. The van der Waals surface area contributed by atoms with Crippen molar-refractivity contribution in [1.82, 2.24) is 14.6 Å². The Hall–Kier alpha value is -2.21. The lowest BCUT2D eigenvalue weighted by atomic mass is 10.2. The molecule has 0 atom stereocenters. The minimum atomic E-state index is -0.0224. The van der Waals surface area contributed by atoms with Crippen molar-refractivity contribution in [3.05, 3.63) is 46.7 Å². The zero-order chi connectivity index (χ0) is 13.7. The molecule has 1 aromatic carbocycles. The fraction of sp³-hybridized carbons (Fsp3) is 0.214. The molecule has 4 rings (SSSR count). The van der Waals surface area contributed by atoms with Crippen molar-refractivity contribution in [3.63, 3.8) is 0 Å². The molecule has 2 aromatic heterocycles. The summed E-state index contributed by atoms with van der Waals surface area (Å²) in [6, 6.07) is 8.04. The summed E-state index contributed by atoms with van der Waals surface area (Å²) >= 11 is 1.44. The molecule has 0 aliphatic carbocycles. The minimum absolute atomic E-state index is 0.0224. The summed E-state index contributed by atoms with van der Waals surface area (Å²) in [7, 11) is 0. The van der Waals surface area contributed by atoms with Gasteiger partial charge in [0, 0.05) is 12.2 Å². The van der Waals surface area contributed by atoms with Crippen LogP contribution in [0.4, 0.5) is 5.69 Å². The number of benzene rings is 1. The maximum absolute atomic E-state index is 12.8. The molecule has 0 saturated heterocycles. The normalized spacial score (nSPS) is 13.9. The molecular formula is C14H12N4OS. The van der Waals surface area contributed by atoms with E-state index >= 15 is 0 Å². The molecule has 0 fully saturated rings. The first kappa shape index (κ1) is 11.6. The van der Waals surface area contributed by atoms with E-state index in [4.69, 9.17) is 0 Å². The van der Waals surface area contributed by atoms with Crippen LogP contribution in [0, 0.1) is 6.92 Å². The van der Waals surface area contributed by atoms with Crippen LogP contribution in [-0.2, 0) is 6.42 Å². The maximum Gasteiger partial charge on any atom is 0.278 e. The highest BCUT2D eigenvalue weighted by atomic mass is 32.1. The number of hydrogen-bond acceptors (Lipinski definition) is 4. The summed E-state index contributed by atoms with van der Waals surface area (Å²) in [6.07, 6.45) is 0.903. The van der Waals surface area contributed by atoms with Crippen LogP contribution >= 0.6 is 11.3 Å². The Balaban J connectivity index is 1.82. The Morgan fingerprint density at radius 2 is 2.20 bits per heavy atom. The molecule has 20 heavy (non-hydrogen) atoms. The van der Waals surface area contributed by atoms with Gasteiger partial charge in [0.1, 0.15) is 5.51 Å². The number of nitrogens with zero attached hydrogens (tertiary/aromatic N) is 4. The van der Waals surface area contributed by atoms with Gasteiger partial charge in [0.25, 0.3) is 5.91 Å². The molecule has 0 radical (unpaired) electrons. The Bertz CT molecular complexity index is 820. The van der Waals surface area contributed by atoms with Crippen LogP contribution in [0.15, 0.2) is 29.8 Å². The van der Waals surface area contributed by atoms with Gasteiger partial charge in [-0.3, -0.25) is 4.79 Å². The average Bonchev–Trinajstić information content (AvgIpc) is 3.11. The van der Waals surface area contributed by atoms with Crippen LogP contribution in [0.25, 0.3) is 4.96 Å². The number of anilines is 1. The largest absolute Gasteiger partial charge is 0.306 e. The number of para-hydroxylation sites is 1. The van der Waals surface area contributed by atoms with E-state index in [0.29, 0.717) is 5.69 Å². The van der Waals surface area contributed by atoms with Crippen molar-refractivity contribution in [2.75, 3.05) is 11.4 Å². The molecule has 3 aromatic rings. The van der Waals surface area contributed by atoms with Gasteiger partial charge >= 0.3 is 0 Å². The van der Waals surface area contributed by atoms with Gasteiger partial charge in [0.05, 0.1) is 5.69 Å². The van der Waals surface area contributed by atoms with E-state index in [-0.39, 0.29) is 5.91 Å². The van der Waals surface area contributed by atoms with Gasteiger partial charge < -0.3 is 4.90 Å². The predicted octanol–water partition coefficient (Wildman–Crippen LogP) is 2.30. The highest BCUT2D eigenvalue weighted by Gasteiger charge is 2.29. The molecule has 6 heteroatoms. The number of hydrogen-bond donors (Lipinski definition) is 0. The zero-order valence-corrected chi connectivity index (χ0v) is 11.7. The Labute approximate surface area is 119 Å². The minimum Gasteiger partial charge on any atom is -0.306 e. The van der Waals surface area contributed by atoms with Crippen molar-refractivity contribution in [1.29, 1.82) is 0 Å². The number of aromatic nitrogens is 3. The lowest BCUT2D eigenvalue weighted by molar-refractivity contribution is 0.0982. The summed E-state index contributed by atoms with van der Waals surface area (Å²) in [5.74, 6) is -0.0224. The van der Waals surface area contributed by atoms with E-state index in [2.05, 4.69) is 16.1 Å². The van der Waals surface area contributed by atoms with Gasteiger partial charge in [0.2, 0.25) is 4.96 Å². The maximum atomic E-state index is 12.8. The van der Waals surface area contributed by atoms with E-state index in [1.54, 1.807) is 10.0 Å². The van der Waals surface area contributed by atoms with Crippen molar-refractivity contribution in [3.8, 4) is 0 Å². The highest BCUT2D eigenvalue weighted by Crippen LogP contribution is 2.29. The van der Waals surface area contributed by atoms with Gasteiger partial charge in [-0.1, -0.05) is 29.5 Å². The molecule has 3 heterocycles. The molecule has 1 amide bonds. The van der Waals surface area contributed by atoms with Gasteiger partial charge in [-0.2, -0.15) is 9.61 Å². The molecule has 0 N–H and O–H groups in total. The number of fused-ring (bicyclic) bond motifs is 2. The third-order valence-electron chi connectivity index (χ3n) is 3.65. The van der Waals surface area contributed by atoms with E-state index in [0.717, 1.165) is 29.3 Å². The quantitative estimate of drug-likeness (QED) is 0.689. The van der Waals surface area contributed by atoms with Crippen LogP contribution in [0.3, 0.4) is 0 Å². The summed E-state index contributed by atoms with van der Waals surface area (Å²) in [6.45, 7) is 2.58. The third-order valence-corrected chi connectivity index (χ3v) is 4.33. The number of amides is 1. The number of aryl methyl sites for hydroxylation is 1. The summed E-state index contributed by atoms with van der Waals surface area (Å²) in [5.41, 5.74) is 5.23. The molecule has 0 spiro atoms. The number of carbonyl (C=O) groups excluding carboxylic acids is 1. The lowest BCUT2D eigenvalue weighted by Gasteiger charge is -2.16. The van der Waals surface area contributed by atoms with Crippen LogP contribution in [0.5, 0.6) is 0 Å². The van der Waals surface area contributed by atoms with Crippen molar-refractivity contribution in [2.45, 2.75) is 13.3 Å². The van der Waals surface area contributed by atoms with Crippen molar-refractivity contribution < 1.29 is 4.79 Å². The van der Waals surface area contributed by atoms with E-state index in [1.165, 1.54) is 16.9 Å². The summed E-state index contributed by atoms with van der Waals surface area (Å²) in [4.78, 5) is 19.8. The van der Waals surface area contributed by atoms with Crippen LogP contribution in [-0.4, -0.2) is 27.0 Å². The van der Waals surface area contributed by atoms with E-state index in [1.807, 2.05) is 30.0 Å². The second kappa shape index (κ2) is 4.14. The highest BCUT2D eigenvalue weighted by molar-refractivity contribution is 7.14. The first-order valence-corrected chi connectivity index (χ1v) is 7.32. The fourth-order valence-corrected chi connectivity index (χ4v) is 3.38. The monoisotopic (exact) mass is 284 g/mol. The molecule has 0 bridgehead atoms. The molecular weight excluding hydrogens is 272 g/mol. The number of carbonyl (C=O) groups is 1. The van der Waals surface area contributed by atoms with Gasteiger partial charge in [-0.25, -0.2) is 4.98 Å². The second-order valence-corrected chi connectivity index (χ2v) is 5.63. The Kier molecular flexibility index (Phi) is 2.40. The summed E-state index contributed by atoms with van der Waals surface area (Å²) in [5, 5.41) is 4.21. The SMILES string of the molecule is Cc1nc2scnn2c1C(=O)N1CCc2ccccc21. The molecule has 5 nitrogen and oxygen atoms in total. The smallest absolute Gasteiger partial charge is 0.278 e. The van der Waals surface area contributed by atoms with E-state index in [9.17, 15) is 4.79 Å². The lowest BCUT2D eigenvalue weighted by Crippen LogP contribution is -2.30. The fourth-order valence-electron chi connectivity index (χ4n) is 2.72. The summed E-state index contributed by atoms with van der Waals surface area (Å²) < 4.78 is 1.64. The standard InChI is InChI=1S/C14H12N4OS/c1-9-12(18-14(16-9)20-8-15-18)13(19)17-7-6-10-4-2-3-5-11(10)17/h2-5,8H,6-7H2,1H3. The number of imidazole rings is 1. The molecule has 100 valence electrons. The van der Waals surface area contributed by atoms with Crippen LogP contribution < -0.4 is 4.90 Å². The van der Waals surface area contributed by atoms with Crippen molar-refractivity contribution >= 4 is 27.9 Å². The van der Waals surface area contributed by atoms with Crippen LogP contribution in [0.2, 0.25) is 0 Å². The van der Waals surface area contributed by atoms with Gasteiger partial charge in [-0.15, -0.1) is 0 Å². The van der Waals surface area contributed by atoms with Crippen molar-refractivity contribution in [2.24, 2.45) is 0 Å². The second-order valence-electron chi connectivity index (χ2n) is 4.81. The number of rotatable bonds is 1. The Morgan fingerprint density at radius 1 is 1.35 bits per heavy atom. The van der Waals surface area contributed by atoms with E-state index < -0.39 is 0 Å². The molecule has 0 unspecified atom stereocenters. The molecule has 1 aliphatic rings. The first-order chi connectivity index (χ1) is 9.75. The third kappa shape index (κ3) is 1.51.